The van der Waals surface area contributed by atoms with Crippen LogP contribution in [-0.4, -0.2) is 10.2 Å². The average molecular weight is 416 g/mol. The Morgan fingerprint density at radius 2 is 1.45 bits per heavy atom. The molecule has 4 aromatic rings. The van der Waals surface area contributed by atoms with Crippen LogP contribution in [0.2, 0.25) is 0 Å². The first-order valence-corrected chi connectivity index (χ1v) is 10.3. The van der Waals surface area contributed by atoms with Crippen molar-refractivity contribution in [2.24, 2.45) is 0 Å². The summed E-state index contributed by atoms with van der Waals surface area (Å²) in [7, 11) is 0. The highest BCUT2D eigenvalue weighted by molar-refractivity contribution is 8.27. The number of nitrogens with zero attached hydrogens (tertiary/aromatic N) is 1. The lowest BCUT2D eigenvalue weighted by atomic mass is 9.96. The van der Waals surface area contributed by atoms with E-state index in [1.165, 1.54) is 22.7 Å². The molecule has 0 atom stereocenters. The number of para-hydroxylation sites is 1. The van der Waals surface area contributed by atoms with Gasteiger partial charge in [-0.25, -0.2) is 4.39 Å². The zero-order valence-corrected chi connectivity index (χ0v) is 16.8. The third-order valence-electron chi connectivity index (χ3n) is 4.98. The number of halogens is 1. The summed E-state index contributed by atoms with van der Waals surface area (Å²) in [6.07, 6.45) is 1.88. The van der Waals surface area contributed by atoms with Gasteiger partial charge in [0.1, 0.15) is 5.82 Å². The molecule has 1 fully saturated rings. The van der Waals surface area contributed by atoms with Gasteiger partial charge in [-0.3, -0.25) is 9.69 Å². The molecule has 1 amide bonds. The molecule has 0 N–H and O–H groups in total. The van der Waals surface area contributed by atoms with Crippen LogP contribution >= 0.6 is 24.0 Å². The molecule has 0 unspecified atom stereocenters. The maximum absolute atomic E-state index is 14.3. The van der Waals surface area contributed by atoms with Gasteiger partial charge in [0.05, 0.1) is 10.6 Å². The number of amides is 1. The maximum atomic E-state index is 14.3. The molecular formula is C24H14FNOS2. The van der Waals surface area contributed by atoms with Crippen LogP contribution in [0.3, 0.4) is 0 Å². The number of anilines is 1. The fraction of sp³-hybridized carbons (Fsp3) is 0. The minimum atomic E-state index is -0.472. The molecule has 0 saturated carbocycles. The lowest BCUT2D eigenvalue weighted by Gasteiger charge is -2.15. The summed E-state index contributed by atoms with van der Waals surface area (Å²) in [4.78, 5) is 14.9. The topological polar surface area (TPSA) is 20.3 Å². The molecule has 1 aliphatic heterocycles. The monoisotopic (exact) mass is 415 g/mol. The summed E-state index contributed by atoms with van der Waals surface area (Å²) in [6, 6.07) is 24.5. The number of carbonyl (C=O) groups is 1. The second kappa shape index (κ2) is 7.10. The zero-order chi connectivity index (χ0) is 20.0. The first kappa shape index (κ1) is 18.0. The smallest absolute Gasteiger partial charge is 0.268 e. The molecule has 29 heavy (non-hydrogen) atoms. The molecule has 0 aromatic heterocycles. The van der Waals surface area contributed by atoms with Crippen molar-refractivity contribution < 1.29 is 9.18 Å². The molecule has 1 heterocycles. The van der Waals surface area contributed by atoms with E-state index in [4.69, 9.17) is 12.2 Å². The van der Waals surface area contributed by atoms with Crippen LogP contribution in [0.1, 0.15) is 5.56 Å². The van der Waals surface area contributed by atoms with Crippen molar-refractivity contribution in [2.45, 2.75) is 0 Å². The molecule has 1 saturated heterocycles. The van der Waals surface area contributed by atoms with Crippen molar-refractivity contribution in [1.82, 2.24) is 0 Å². The molecule has 0 bridgehead atoms. The van der Waals surface area contributed by atoms with Crippen molar-refractivity contribution in [2.75, 3.05) is 4.90 Å². The molecule has 4 aromatic carbocycles. The minimum Gasteiger partial charge on any atom is -0.268 e. The van der Waals surface area contributed by atoms with Crippen LogP contribution in [-0.2, 0) is 4.79 Å². The van der Waals surface area contributed by atoms with Crippen molar-refractivity contribution in [3.8, 4) is 0 Å². The number of benzene rings is 4. The Balaban J connectivity index is 1.69. The highest BCUT2D eigenvalue weighted by Crippen LogP contribution is 2.39. The van der Waals surface area contributed by atoms with Crippen LogP contribution < -0.4 is 4.90 Å². The van der Waals surface area contributed by atoms with Crippen molar-refractivity contribution in [3.05, 3.63) is 95.1 Å². The zero-order valence-electron chi connectivity index (χ0n) is 15.1. The van der Waals surface area contributed by atoms with Crippen LogP contribution in [0.4, 0.5) is 10.1 Å². The van der Waals surface area contributed by atoms with E-state index in [0.29, 0.717) is 9.23 Å². The number of hydrogen-bond donors (Lipinski definition) is 0. The van der Waals surface area contributed by atoms with Crippen molar-refractivity contribution in [1.29, 1.82) is 0 Å². The number of hydrogen-bond acceptors (Lipinski definition) is 3. The second-order valence-electron chi connectivity index (χ2n) is 6.70. The van der Waals surface area contributed by atoms with Crippen molar-refractivity contribution >= 4 is 67.5 Å². The Labute approximate surface area is 176 Å². The lowest BCUT2D eigenvalue weighted by Crippen LogP contribution is -2.28. The van der Waals surface area contributed by atoms with Gasteiger partial charge in [-0.1, -0.05) is 84.6 Å². The SMILES string of the molecule is O=C1C(=Cc2c3ccccc3cc3ccccc23)SC(=S)N1c1ccccc1F. The van der Waals surface area contributed by atoms with E-state index < -0.39 is 5.82 Å². The Kier molecular flexibility index (Phi) is 4.42. The summed E-state index contributed by atoms with van der Waals surface area (Å²) in [5.41, 5.74) is 1.15. The van der Waals surface area contributed by atoms with E-state index in [0.717, 1.165) is 27.1 Å². The van der Waals surface area contributed by atoms with Crippen LogP contribution in [0, 0.1) is 5.82 Å². The molecule has 5 heteroatoms. The lowest BCUT2D eigenvalue weighted by molar-refractivity contribution is -0.113. The van der Waals surface area contributed by atoms with Gasteiger partial charge in [0.25, 0.3) is 5.91 Å². The molecule has 0 radical (unpaired) electrons. The van der Waals surface area contributed by atoms with Gasteiger partial charge in [-0.2, -0.15) is 0 Å². The summed E-state index contributed by atoms with van der Waals surface area (Å²) in [6.45, 7) is 0. The number of carbonyl (C=O) groups excluding carboxylic acids is 1. The van der Waals surface area contributed by atoms with Gasteiger partial charge < -0.3 is 0 Å². The van der Waals surface area contributed by atoms with Crippen LogP contribution in [0.15, 0.2) is 83.8 Å². The van der Waals surface area contributed by atoms with Gasteiger partial charge in [-0.15, -0.1) is 0 Å². The molecule has 1 aliphatic rings. The molecule has 0 aliphatic carbocycles. The van der Waals surface area contributed by atoms with Gasteiger partial charge in [-0.05, 0) is 51.4 Å². The Morgan fingerprint density at radius 1 is 0.862 bits per heavy atom. The summed E-state index contributed by atoms with van der Waals surface area (Å²) in [5.74, 6) is -0.775. The van der Waals surface area contributed by atoms with E-state index in [-0.39, 0.29) is 11.6 Å². The number of thioether (sulfide) groups is 1. The Bertz CT molecular complexity index is 1290. The largest absolute Gasteiger partial charge is 0.270 e. The molecule has 5 rings (SSSR count). The van der Waals surface area contributed by atoms with Crippen molar-refractivity contribution in [3.63, 3.8) is 0 Å². The van der Waals surface area contributed by atoms with Gasteiger partial charge in [0.15, 0.2) is 4.32 Å². The van der Waals surface area contributed by atoms with Crippen LogP contribution in [0.25, 0.3) is 27.6 Å². The highest BCUT2D eigenvalue weighted by Gasteiger charge is 2.34. The van der Waals surface area contributed by atoms with E-state index in [2.05, 4.69) is 18.2 Å². The van der Waals surface area contributed by atoms with E-state index in [1.807, 2.05) is 42.5 Å². The normalized spacial score (nSPS) is 15.8. The first-order valence-electron chi connectivity index (χ1n) is 9.06. The summed E-state index contributed by atoms with van der Waals surface area (Å²) >= 11 is 6.60. The van der Waals surface area contributed by atoms with Gasteiger partial charge in [0.2, 0.25) is 0 Å². The standard InChI is InChI=1S/C24H14FNOS2/c25-20-11-5-6-12-21(20)26-23(27)22(29-24(26)28)14-19-17-9-3-1-7-15(17)13-16-8-2-4-10-18(16)19/h1-14H. The molecule has 140 valence electrons. The average Bonchev–Trinajstić information content (AvgIpc) is 3.01. The van der Waals surface area contributed by atoms with Gasteiger partial charge in [0, 0.05) is 0 Å². The second-order valence-corrected chi connectivity index (χ2v) is 8.38. The molecule has 0 spiro atoms. The van der Waals surface area contributed by atoms with E-state index in [1.54, 1.807) is 18.2 Å². The first-order chi connectivity index (χ1) is 14.1. The summed E-state index contributed by atoms with van der Waals surface area (Å²) < 4.78 is 14.6. The van der Waals surface area contributed by atoms with E-state index in [9.17, 15) is 9.18 Å². The predicted molar refractivity (Wildman–Crippen MR) is 124 cm³/mol. The number of thiocarbonyl (C=S) groups is 1. The number of fused-ring (bicyclic) bond motifs is 2. The quantitative estimate of drug-likeness (QED) is 0.211. The molecule has 2 nitrogen and oxygen atoms in total. The maximum Gasteiger partial charge on any atom is 0.270 e. The van der Waals surface area contributed by atoms with E-state index >= 15 is 0 Å². The fourth-order valence-corrected chi connectivity index (χ4v) is 4.91. The van der Waals surface area contributed by atoms with Gasteiger partial charge >= 0.3 is 0 Å². The third-order valence-corrected chi connectivity index (χ3v) is 6.28. The van der Waals surface area contributed by atoms with Crippen LogP contribution in [0.5, 0.6) is 0 Å². The molecular weight excluding hydrogens is 401 g/mol. The minimum absolute atomic E-state index is 0.182. The Morgan fingerprint density at radius 3 is 2.10 bits per heavy atom. The predicted octanol–water partition coefficient (Wildman–Crippen LogP) is 6.54. The number of rotatable bonds is 2. The fourth-order valence-electron chi connectivity index (χ4n) is 3.64. The third kappa shape index (κ3) is 3.03. The Hall–Kier alpha value is -3.02. The highest BCUT2D eigenvalue weighted by atomic mass is 32.2. The summed E-state index contributed by atoms with van der Waals surface area (Å²) in [5, 5.41) is 4.31.